The van der Waals surface area contributed by atoms with Crippen molar-refractivity contribution in [3.05, 3.63) is 64.7 Å². The van der Waals surface area contributed by atoms with Gasteiger partial charge in [0.05, 0.1) is 13.2 Å². The zero-order valence-corrected chi connectivity index (χ0v) is 22.4. The van der Waals surface area contributed by atoms with Crippen LogP contribution in [-0.2, 0) is 17.7 Å². The van der Waals surface area contributed by atoms with E-state index in [0.29, 0.717) is 38.5 Å². The largest absolute Gasteiger partial charge is 0.491 e. The van der Waals surface area contributed by atoms with Gasteiger partial charge in [-0.15, -0.1) is 24.0 Å². The van der Waals surface area contributed by atoms with E-state index in [2.05, 4.69) is 28.1 Å². The Labute approximate surface area is 214 Å². The lowest BCUT2D eigenvalue weighted by Gasteiger charge is -2.14. The summed E-state index contributed by atoms with van der Waals surface area (Å²) in [6.07, 6.45) is 0.783. The number of ether oxygens (including phenoxy) is 2. The third-order valence-electron chi connectivity index (χ3n) is 4.79. The van der Waals surface area contributed by atoms with Gasteiger partial charge in [-0.1, -0.05) is 24.3 Å². The molecular weight excluding hydrogens is 531 g/mol. The fourth-order valence-electron chi connectivity index (χ4n) is 3.13. The summed E-state index contributed by atoms with van der Waals surface area (Å²) >= 11 is 0. The Hall–Kier alpha value is -2.33. The zero-order chi connectivity index (χ0) is 23.2. The van der Waals surface area contributed by atoms with E-state index in [1.165, 1.54) is 0 Å². The zero-order valence-electron chi connectivity index (χ0n) is 20.1. The summed E-state index contributed by atoms with van der Waals surface area (Å²) in [5.74, 6) is 1.51. The molecule has 2 rings (SSSR count). The highest BCUT2D eigenvalue weighted by Gasteiger charge is 2.07. The molecule has 0 atom stereocenters. The second-order valence-corrected chi connectivity index (χ2v) is 7.31. The van der Waals surface area contributed by atoms with E-state index in [1.54, 1.807) is 7.05 Å². The molecule has 0 bridgehead atoms. The summed E-state index contributed by atoms with van der Waals surface area (Å²) in [6.45, 7) is 9.80. The van der Waals surface area contributed by atoms with Crippen LogP contribution in [0.1, 0.15) is 40.9 Å². The van der Waals surface area contributed by atoms with Crippen molar-refractivity contribution in [2.75, 3.05) is 40.0 Å². The highest BCUT2D eigenvalue weighted by Crippen LogP contribution is 2.21. The van der Waals surface area contributed by atoms with Crippen molar-refractivity contribution in [3.8, 4) is 5.75 Å². The maximum Gasteiger partial charge on any atom is 0.251 e. The molecule has 2 aromatic carbocycles. The number of guanidine groups is 1. The maximum atomic E-state index is 11.8. The van der Waals surface area contributed by atoms with Crippen molar-refractivity contribution in [3.63, 3.8) is 0 Å². The average molecular weight is 569 g/mol. The molecule has 0 aliphatic rings. The molecule has 0 radical (unpaired) electrons. The normalized spacial score (nSPS) is 10.8. The predicted molar refractivity (Wildman–Crippen MR) is 145 cm³/mol. The van der Waals surface area contributed by atoms with Crippen LogP contribution in [0.5, 0.6) is 5.75 Å². The first-order chi connectivity index (χ1) is 15.6. The smallest absolute Gasteiger partial charge is 0.251 e. The molecule has 0 heterocycles. The second-order valence-electron chi connectivity index (χ2n) is 7.31. The summed E-state index contributed by atoms with van der Waals surface area (Å²) in [5, 5.41) is 9.31. The minimum Gasteiger partial charge on any atom is -0.491 e. The molecule has 0 saturated carbocycles. The number of nitrogens with zero attached hydrogens (tertiary/aromatic N) is 1. The van der Waals surface area contributed by atoms with Crippen LogP contribution in [0.15, 0.2) is 47.5 Å². The minimum atomic E-state index is -0.0768. The van der Waals surface area contributed by atoms with Gasteiger partial charge in [-0.25, -0.2) is 4.99 Å². The molecule has 0 aliphatic carbocycles. The van der Waals surface area contributed by atoms with Gasteiger partial charge in [0.25, 0.3) is 5.91 Å². The third kappa shape index (κ3) is 10.4. The number of carbonyl (C=O) groups is 1. The van der Waals surface area contributed by atoms with Crippen LogP contribution in [0.3, 0.4) is 0 Å². The number of carbonyl (C=O) groups excluding carboxylic acids is 1. The number of hydrogen-bond acceptors (Lipinski definition) is 4. The summed E-state index contributed by atoms with van der Waals surface area (Å²) in [4.78, 5) is 16.6. The molecule has 0 aliphatic heterocycles. The van der Waals surface area contributed by atoms with Crippen LogP contribution in [0.25, 0.3) is 0 Å². The van der Waals surface area contributed by atoms with Crippen LogP contribution in [0.4, 0.5) is 0 Å². The molecule has 0 aromatic heterocycles. The van der Waals surface area contributed by atoms with Gasteiger partial charge < -0.3 is 25.4 Å². The number of halogens is 1. The Bertz CT molecular complexity index is 890. The van der Waals surface area contributed by atoms with Crippen LogP contribution in [0, 0.1) is 6.92 Å². The number of benzene rings is 2. The molecule has 0 spiro atoms. The van der Waals surface area contributed by atoms with Gasteiger partial charge in [0, 0.05) is 37.9 Å². The van der Waals surface area contributed by atoms with Crippen molar-refractivity contribution in [2.24, 2.45) is 4.99 Å². The lowest BCUT2D eigenvalue weighted by atomic mass is 10.1. The number of nitrogens with one attached hydrogen (secondary N) is 3. The van der Waals surface area contributed by atoms with E-state index >= 15 is 0 Å². The summed E-state index contributed by atoms with van der Waals surface area (Å²) < 4.78 is 11.3. The van der Waals surface area contributed by atoms with E-state index in [0.717, 1.165) is 41.4 Å². The first-order valence-electron chi connectivity index (χ1n) is 11.2. The molecule has 0 saturated heterocycles. The monoisotopic (exact) mass is 568 g/mol. The average Bonchev–Trinajstić information content (AvgIpc) is 2.80. The standard InChI is InChI=1S/C25H36N4O3.HI/c1-5-27-25(28-13-12-20-8-7-9-21(17-20)24(30)26-4)29-18-22-11-10-19(3)16-23(22)32-15-14-31-6-2;/h7-11,16-17H,5-6,12-15,18H2,1-4H3,(H,26,30)(H2,27,28,29);1H. The van der Waals surface area contributed by atoms with Crippen molar-refractivity contribution < 1.29 is 14.3 Å². The van der Waals surface area contributed by atoms with Crippen LogP contribution in [-0.4, -0.2) is 51.8 Å². The number of hydrogen-bond donors (Lipinski definition) is 3. The molecule has 7 nitrogen and oxygen atoms in total. The first kappa shape index (κ1) is 28.7. The lowest BCUT2D eigenvalue weighted by molar-refractivity contribution is 0.0963. The van der Waals surface area contributed by atoms with Crippen LogP contribution < -0.4 is 20.7 Å². The summed E-state index contributed by atoms with van der Waals surface area (Å²) in [7, 11) is 1.64. The molecule has 33 heavy (non-hydrogen) atoms. The number of aliphatic imine (C=N–C) groups is 1. The molecular formula is C25H37IN4O3. The van der Waals surface area contributed by atoms with Gasteiger partial charge in [-0.3, -0.25) is 4.79 Å². The molecule has 3 N–H and O–H groups in total. The lowest BCUT2D eigenvalue weighted by Crippen LogP contribution is -2.38. The molecule has 2 aromatic rings. The summed E-state index contributed by atoms with van der Waals surface area (Å²) in [5.41, 5.74) is 3.94. The van der Waals surface area contributed by atoms with Crippen LogP contribution >= 0.6 is 24.0 Å². The quantitative estimate of drug-likeness (QED) is 0.158. The topological polar surface area (TPSA) is 84.0 Å². The highest BCUT2D eigenvalue weighted by atomic mass is 127. The molecule has 8 heteroatoms. The van der Waals surface area contributed by atoms with Crippen molar-refractivity contribution in [2.45, 2.75) is 33.7 Å². The van der Waals surface area contributed by atoms with Gasteiger partial charge in [0.1, 0.15) is 12.4 Å². The second kappa shape index (κ2) is 16.3. The van der Waals surface area contributed by atoms with Crippen molar-refractivity contribution >= 4 is 35.8 Å². The van der Waals surface area contributed by atoms with E-state index in [9.17, 15) is 4.79 Å². The first-order valence-corrected chi connectivity index (χ1v) is 11.2. The molecule has 1 amide bonds. The van der Waals surface area contributed by atoms with E-state index in [-0.39, 0.29) is 29.9 Å². The van der Waals surface area contributed by atoms with Crippen molar-refractivity contribution in [1.29, 1.82) is 0 Å². The Morgan fingerprint density at radius 2 is 1.88 bits per heavy atom. The Morgan fingerprint density at radius 3 is 2.61 bits per heavy atom. The molecule has 182 valence electrons. The van der Waals surface area contributed by atoms with Gasteiger partial charge in [0.2, 0.25) is 0 Å². The Morgan fingerprint density at radius 1 is 1.06 bits per heavy atom. The summed E-state index contributed by atoms with van der Waals surface area (Å²) in [6, 6.07) is 13.8. The fraction of sp³-hybridized carbons (Fsp3) is 0.440. The number of rotatable bonds is 12. The predicted octanol–water partition coefficient (Wildman–Crippen LogP) is 3.69. The number of amides is 1. The van der Waals surface area contributed by atoms with E-state index in [4.69, 9.17) is 14.5 Å². The van der Waals surface area contributed by atoms with Gasteiger partial charge in [-0.2, -0.15) is 0 Å². The van der Waals surface area contributed by atoms with E-state index < -0.39 is 0 Å². The van der Waals surface area contributed by atoms with Crippen LogP contribution in [0.2, 0.25) is 0 Å². The van der Waals surface area contributed by atoms with E-state index in [1.807, 2.05) is 51.1 Å². The highest BCUT2D eigenvalue weighted by molar-refractivity contribution is 14.0. The maximum absolute atomic E-state index is 11.8. The van der Waals surface area contributed by atoms with Gasteiger partial charge in [-0.05, 0) is 56.5 Å². The molecule has 0 unspecified atom stereocenters. The van der Waals surface area contributed by atoms with Crippen molar-refractivity contribution in [1.82, 2.24) is 16.0 Å². The molecule has 0 fully saturated rings. The SMILES string of the molecule is CCNC(=NCc1ccc(C)cc1OCCOCC)NCCc1cccc(C(=O)NC)c1.I. The van der Waals surface area contributed by atoms with Gasteiger partial charge in [0.15, 0.2) is 5.96 Å². The third-order valence-corrected chi connectivity index (χ3v) is 4.79. The Balaban J connectivity index is 0.00000544. The van der Waals surface area contributed by atoms with Gasteiger partial charge >= 0.3 is 0 Å². The number of aryl methyl sites for hydroxylation is 1. The Kier molecular flexibility index (Phi) is 14.2. The fourth-order valence-corrected chi connectivity index (χ4v) is 3.13. The minimum absolute atomic E-state index is 0.